The maximum atomic E-state index is 13.0. The lowest BCUT2D eigenvalue weighted by atomic mass is 10.1. The summed E-state index contributed by atoms with van der Waals surface area (Å²) in [6.45, 7) is 5.24. The van der Waals surface area contributed by atoms with Crippen molar-refractivity contribution in [2.75, 3.05) is 18.4 Å². The van der Waals surface area contributed by atoms with Crippen molar-refractivity contribution in [2.45, 2.75) is 45.6 Å². The fourth-order valence-electron chi connectivity index (χ4n) is 3.33. The number of ether oxygens (including phenoxy) is 1. The van der Waals surface area contributed by atoms with E-state index in [1.807, 2.05) is 48.2 Å². The van der Waals surface area contributed by atoms with Gasteiger partial charge in [0.15, 0.2) is 6.10 Å². The quantitative estimate of drug-likeness (QED) is 0.835. The molecule has 5 heteroatoms. The van der Waals surface area contributed by atoms with E-state index in [-0.39, 0.29) is 11.8 Å². The molecule has 1 aliphatic heterocycles. The van der Waals surface area contributed by atoms with Crippen molar-refractivity contribution in [2.24, 2.45) is 0 Å². The van der Waals surface area contributed by atoms with Crippen LogP contribution in [0.4, 0.5) is 5.69 Å². The second-order valence-electron chi connectivity index (χ2n) is 7.31. The van der Waals surface area contributed by atoms with Crippen LogP contribution in [0.25, 0.3) is 0 Å². The second kappa shape index (κ2) is 9.40. The zero-order valence-corrected chi connectivity index (χ0v) is 16.6. The molecule has 0 spiro atoms. The molecule has 5 nitrogen and oxygen atoms in total. The van der Waals surface area contributed by atoms with Crippen LogP contribution in [0.1, 0.15) is 48.5 Å². The van der Waals surface area contributed by atoms with Gasteiger partial charge in [0.2, 0.25) is 0 Å². The summed E-state index contributed by atoms with van der Waals surface area (Å²) in [4.78, 5) is 27.5. The molecule has 1 atom stereocenters. The molecule has 0 aliphatic carbocycles. The maximum Gasteiger partial charge on any atom is 0.265 e. The van der Waals surface area contributed by atoms with E-state index < -0.39 is 6.10 Å². The molecule has 1 aliphatic rings. The minimum atomic E-state index is -0.677. The van der Waals surface area contributed by atoms with Crippen LogP contribution in [0.3, 0.4) is 0 Å². The van der Waals surface area contributed by atoms with Gasteiger partial charge in [-0.05, 0) is 51.0 Å². The lowest BCUT2D eigenvalue weighted by molar-refractivity contribution is -0.122. The first-order valence-corrected chi connectivity index (χ1v) is 9.97. The predicted molar refractivity (Wildman–Crippen MR) is 111 cm³/mol. The van der Waals surface area contributed by atoms with Gasteiger partial charge in [0.05, 0.1) is 11.3 Å². The number of benzene rings is 2. The molecule has 0 bridgehead atoms. The maximum absolute atomic E-state index is 13.0. The number of hydrogen-bond acceptors (Lipinski definition) is 3. The molecule has 0 saturated carbocycles. The highest BCUT2D eigenvalue weighted by Gasteiger charge is 2.22. The number of carbonyl (C=O) groups is 2. The number of carbonyl (C=O) groups excluding carboxylic acids is 2. The van der Waals surface area contributed by atoms with Crippen LogP contribution in [0.15, 0.2) is 48.5 Å². The third-order valence-electron chi connectivity index (χ3n) is 5.01. The Morgan fingerprint density at radius 2 is 1.61 bits per heavy atom. The molecule has 2 amide bonds. The van der Waals surface area contributed by atoms with Crippen LogP contribution in [0, 0.1) is 6.92 Å². The minimum absolute atomic E-state index is 0.0232. The van der Waals surface area contributed by atoms with Crippen LogP contribution < -0.4 is 10.1 Å². The Morgan fingerprint density at radius 3 is 2.29 bits per heavy atom. The summed E-state index contributed by atoms with van der Waals surface area (Å²) in [6.07, 6.45) is 3.71. The minimum Gasteiger partial charge on any atom is -0.481 e. The lowest BCUT2D eigenvalue weighted by Gasteiger charge is -2.22. The summed E-state index contributed by atoms with van der Waals surface area (Å²) < 4.78 is 5.73. The van der Waals surface area contributed by atoms with Crippen LogP contribution in [0.2, 0.25) is 0 Å². The molecule has 1 unspecified atom stereocenters. The van der Waals surface area contributed by atoms with E-state index in [1.54, 1.807) is 19.1 Å². The monoisotopic (exact) mass is 380 g/mol. The van der Waals surface area contributed by atoms with Crippen molar-refractivity contribution >= 4 is 17.5 Å². The zero-order chi connectivity index (χ0) is 19.9. The number of likely N-dealkylation sites (tertiary alicyclic amines) is 1. The number of amides is 2. The third kappa shape index (κ3) is 5.12. The first kappa shape index (κ1) is 19.9. The van der Waals surface area contributed by atoms with Gasteiger partial charge in [-0.15, -0.1) is 0 Å². The highest BCUT2D eigenvalue weighted by Crippen LogP contribution is 2.21. The largest absolute Gasteiger partial charge is 0.481 e. The van der Waals surface area contributed by atoms with Gasteiger partial charge in [0.25, 0.3) is 11.8 Å². The highest BCUT2D eigenvalue weighted by molar-refractivity contribution is 6.04. The Kier molecular flexibility index (Phi) is 6.69. The molecule has 1 fully saturated rings. The number of para-hydroxylation sites is 1. The van der Waals surface area contributed by atoms with E-state index in [0.717, 1.165) is 44.3 Å². The predicted octanol–water partition coefficient (Wildman–Crippen LogP) is 4.42. The first-order valence-electron chi connectivity index (χ1n) is 9.97. The van der Waals surface area contributed by atoms with Gasteiger partial charge in [-0.2, -0.15) is 0 Å². The highest BCUT2D eigenvalue weighted by atomic mass is 16.5. The molecule has 28 heavy (non-hydrogen) atoms. The van der Waals surface area contributed by atoms with Gasteiger partial charge in [0.1, 0.15) is 5.75 Å². The Hall–Kier alpha value is -2.82. The standard InChI is InChI=1S/C23H28N2O3/c1-17-11-13-19(14-12-17)28-18(2)22(26)24-21-10-6-5-9-20(21)23(27)25-15-7-3-4-8-16-25/h5-6,9-14,18H,3-4,7-8,15-16H2,1-2H3,(H,24,26). The molecular formula is C23H28N2O3. The molecule has 1 heterocycles. The van der Waals surface area contributed by atoms with Gasteiger partial charge >= 0.3 is 0 Å². The Bertz CT molecular complexity index is 809. The van der Waals surface area contributed by atoms with Crippen LogP contribution in [-0.4, -0.2) is 35.9 Å². The number of hydrogen-bond donors (Lipinski definition) is 1. The molecule has 148 valence electrons. The van der Waals surface area contributed by atoms with Crippen molar-refractivity contribution in [3.05, 3.63) is 59.7 Å². The normalized spacial score (nSPS) is 15.4. The molecule has 1 saturated heterocycles. The van der Waals surface area contributed by atoms with E-state index >= 15 is 0 Å². The van der Waals surface area contributed by atoms with Gasteiger partial charge < -0.3 is 15.0 Å². The van der Waals surface area contributed by atoms with Gasteiger partial charge in [-0.1, -0.05) is 42.7 Å². The van der Waals surface area contributed by atoms with Crippen molar-refractivity contribution in [3.8, 4) is 5.75 Å². The Labute approximate surface area is 166 Å². The molecule has 2 aromatic carbocycles. The number of nitrogens with zero attached hydrogens (tertiary/aromatic N) is 1. The molecular weight excluding hydrogens is 352 g/mol. The topological polar surface area (TPSA) is 58.6 Å². The summed E-state index contributed by atoms with van der Waals surface area (Å²) in [5.41, 5.74) is 2.19. The number of rotatable bonds is 5. The fourth-order valence-corrected chi connectivity index (χ4v) is 3.33. The summed E-state index contributed by atoms with van der Waals surface area (Å²) in [5.74, 6) is 0.337. The molecule has 0 radical (unpaired) electrons. The van der Waals surface area contributed by atoms with E-state index in [4.69, 9.17) is 4.74 Å². The number of aryl methyl sites for hydroxylation is 1. The van der Waals surface area contributed by atoms with Gasteiger partial charge in [0, 0.05) is 13.1 Å². The van der Waals surface area contributed by atoms with Crippen LogP contribution in [0.5, 0.6) is 5.75 Å². The third-order valence-corrected chi connectivity index (χ3v) is 5.01. The second-order valence-corrected chi connectivity index (χ2v) is 7.31. The SMILES string of the molecule is Cc1ccc(OC(C)C(=O)Nc2ccccc2C(=O)N2CCCCCC2)cc1. The summed E-state index contributed by atoms with van der Waals surface area (Å²) in [7, 11) is 0. The average Bonchev–Trinajstić information content (AvgIpc) is 2.99. The molecule has 0 aromatic heterocycles. The number of anilines is 1. The Morgan fingerprint density at radius 1 is 0.964 bits per heavy atom. The van der Waals surface area contributed by atoms with E-state index in [1.165, 1.54) is 0 Å². The molecule has 2 aromatic rings. The average molecular weight is 380 g/mol. The Balaban J connectivity index is 1.68. The van der Waals surface area contributed by atoms with E-state index in [0.29, 0.717) is 17.0 Å². The number of nitrogens with one attached hydrogen (secondary N) is 1. The van der Waals surface area contributed by atoms with E-state index in [9.17, 15) is 9.59 Å². The van der Waals surface area contributed by atoms with Gasteiger partial charge in [-0.3, -0.25) is 9.59 Å². The van der Waals surface area contributed by atoms with Crippen molar-refractivity contribution in [1.29, 1.82) is 0 Å². The van der Waals surface area contributed by atoms with E-state index in [2.05, 4.69) is 5.32 Å². The van der Waals surface area contributed by atoms with Gasteiger partial charge in [-0.25, -0.2) is 0 Å². The summed E-state index contributed by atoms with van der Waals surface area (Å²) >= 11 is 0. The zero-order valence-electron chi connectivity index (χ0n) is 16.6. The summed E-state index contributed by atoms with van der Waals surface area (Å²) in [5, 5.41) is 2.87. The molecule has 3 rings (SSSR count). The van der Waals surface area contributed by atoms with Crippen molar-refractivity contribution in [3.63, 3.8) is 0 Å². The van der Waals surface area contributed by atoms with Crippen LogP contribution in [-0.2, 0) is 4.79 Å². The summed E-state index contributed by atoms with van der Waals surface area (Å²) in [6, 6.07) is 14.7. The first-order chi connectivity index (χ1) is 13.5. The smallest absolute Gasteiger partial charge is 0.265 e. The molecule has 1 N–H and O–H groups in total. The van der Waals surface area contributed by atoms with Crippen molar-refractivity contribution < 1.29 is 14.3 Å². The van der Waals surface area contributed by atoms with Crippen LogP contribution >= 0.6 is 0 Å². The van der Waals surface area contributed by atoms with Crippen molar-refractivity contribution in [1.82, 2.24) is 4.90 Å². The lowest BCUT2D eigenvalue weighted by Crippen LogP contribution is -2.34. The fraction of sp³-hybridized carbons (Fsp3) is 0.391.